The Labute approximate surface area is 101 Å². The molecule has 0 saturated carbocycles. The molecule has 1 heterocycles. The van der Waals surface area contributed by atoms with Gasteiger partial charge in [-0.05, 0) is 37.1 Å². The molecule has 2 rings (SSSR count). The zero-order chi connectivity index (χ0) is 12.5. The summed E-state index contributed by atoms with van der Waals surface area (Å²) in [7, 11) is 0. The first kappa shape index (κ1) is 11.9. The fourth-order valence-corrected chi connectivity index (χ4v) is 1.89. The molecule has 0 radical (unpaired) electrons. The Morgan fingerprint density at radius 2 is 2.24 bits per heavy atom. The van der Waals surface area contributed by atoms with Crippen LogP contribution in [0.3, 0.4) is 0 Å². The third-order valence-electron chi connectivity index (χ3n) is 3.37. The Morgan fingerprint density at radius 1 is 1.53 bits per heavy atom. The Morgan fingerprint density at radius 3 is 2.71 bits per heavy atom. The zero-order valence-corrected chi connectivity index (χ0v) is 10.1. The van der Waals surface area contributed by atoms with Crippen molar-refractivity contribution in [1.29, 1.82) is 0 Å². The number of phenols is 1. The van der Waals surface area contributed by atoms with Crippen LogP contribution in [0, 0.1) is 12.3 Å². The highest BCUT2D eigenvalue weighted by Gasteiger charge is 2.44. The lowest BCUT2D eigenvalue weighted by Crippen LogP contribution is -2.51. The predicted octanol–water partition coefficient (Wildman–Crippen LogP) is 2.07. The summed E-state index contributed by atoms with van der Waals surface area (Å²) in [5.74, 6) is 0.206. The summed E-state index contributed by atoms with van der Waals surface area (Å²) in [6, 6.07) is 4.91. The van der Waals surface area contributed by atoms with Crippen LogP contribution in [0.15, 0.2) is 18.2 Å². The maximum atomic E-state index is 12.1. The van der Waals surface area contributed by atoms with Crippen molar-refractivity contribution in [3.05, 3.63) is 23.8 Å². The summed E-state index contributed by atoms with van der Waals surface area (Å²) in [4.78, 5) is 12.1. The first-order valence-corrected chi connectivity index (χ1v) is 5.76. The van der Waals surface area contributed by atoms with Crippen LogP contribution in [0.2, 0.25) is 0 Å². The van der Waals surface area contributed by atoms with E-state index < -0.39 is 0 Å². The van der Waals surface area contributed by atoms with E-state index in [1.165, 1.54) is 0 Å². The van der Waals surface area contributed by atoms with Crippen molar-refractivity contribution >= 4 is 11.6 Å². The molecule has 1 saturated heterocycles. The maximum absolute atomic E-state index is 12.1. The third-order valence-corrected chi connectivity index (χ3v) is 3.37. The van der Waals surface area contributed by atoms with Gasteiger partial charge in [-0.25, -0.2) is 0 Å². The quantitative estimate of drug-likeness (QED) is 0.788. The van der Waals surface area contributed by atoms with Gasteiger partial charge in [0.25, 0.3) is 0 Å². The molecule has 1 aromatic rings. The lowest BCUT2D eigenvalue weighted by molar-refractivity contribution is -0.156. The number of hydrogen-bond donors (Lipinski definition) is 2. The Kier molecular flexibility index (Phi) is 3.07. The molecule has 17 heavy (non-hydrogen) atoms. The molecule has 1 aromatic carbocycles. The molecule has 0 unspecified atom stereocenters. The van der Waals surface area contributed by atoms with Gasteiger partial charge in [0.05, 0.1) is 18.6 Å². The average molecular weight is 235 g/mol. The number of aryl methyl sites for hydroxylation is 1. The van der Waals surface area contributed by atoms with Crippen LogP contribution in [-0.4, -0.2) is 24.2 Å². The number of rotatable bonds is 3. The van der Waals surface area contributed by atoms with Gasteiger partial charge in [-0.3, -0.25) is 4.79 Å². The minimum atomic E-state index is -0.371. The van der Waals surface area contributed by atoms with E-state index in [9.17, 15) is 9.90 Å². The molecule has 92 valence electrons. The van der Waals surface area contributed by atoms with Crippen molar-refractivity contribution < 1.29 is 14.6 Å². The normalized spacial score (nSPS) is 17.3. The summed E-state index contributed by atoms with van der Waals surface area (Å²) >= 11 is 0. The second-order valence-electron chi connectivity index (χ2n) is 4.58. The topological polar surface area (TPSA) is 58.6 Å². The zero-order valence-electron chi connectivity index (χ0n) is 10.1. The number of amides is 1. The molecule has 0 aliphatic carbocycles. The molecule has 2 N–H and O–H groups in total. The molecule has 1 aliphatic heterocycles. The van der Waals surface area contributed by atoms with E-state index in [4.69, 9.17) is 4.74 Å². The summed E-state index contributed by atoms with van der Waals surface area (Å²) < 4.78 is 5.14. The number of phenolic OH excluding ortho intramolecular Hbond substituents is 1. The van der Waals surface area contributed by atoms with Gasteiger partial charge in [0.1, 0.15) is 5.75 Å². The number of ether oxygens (including phenoxy) is 1. The third kappa shape index (κ3) is 2.13. The van der Waals surface area contributed by atoms with E-state index in [0.29, 0.717) is 13.2 Å². The second kappa shape index (κ2) is 4.37. The van der Waals surface area contributed by atoms with Gasteiger partial charge >= 0.3 is 0 Å². The van der Waals surface area contributed by atoms with E-state index in [1.807, 2.05) is 13.8 Å². The molecule has 1 aliphatic rings. The average Bonchev–Trinajstić information content (AvgIpc) is 2.21. The molecule has 0 atom stereocenters. The number of benzene rings is 1. The first-order chi connectivity index (χ1) is 8.07. The van der Waals surface area contributed by atoms with E-state index in [-0.39, 0.29) is 17.1 Å². The van der Waals surface area contributed by atoms with Gasteiger partial charge in [0.2, 0.25) is 5.91 Å². The van der Waals surface area contributed by atoms with Crippen LogP contribution >= 0.6 is 0 Å². The van der Waals surface area contributed by atoms with Crippen LogP contribution in [0.4, 0.5) is 5.69 Å². The van der Waals surface area contributed by atoms with E-state index in [1.54, 1.807) is 18.2 Å². The number of carbonyl (C=O) groups excluding carboxylic acids is 1. The second-order valence-corrected chi connectivity index (χ2v) is 4.58. The van der Waals surface area contributed by atoms with Gasteiger partial charge in [0, 0.05) is 5.69 Å². The van der Waals surface area contributed by atoms with Crippen LogP contribution in [0.25, 0.3) is 0 Å². The summed E-state index contributed by atoms with van der Waals surface area (Å²) in [6.45, 7) is 4.83. The highest BCUT2D eigenvalue weighted by molar-refractivity contribution is 5.96. The smallest absolute Gasteiger partial charge is 0.235 e. The summed E-state index contributed by atoms with van der Waals surface area (Å²) in [5, 5.41) is 12.2. The fourth-order valence-electron chi connectivity index (χ4n) is 1.89. The Balaban J connectivity index is 2.13. The van der Waals surface area contributed by atoms with Crippen molar-refractivity contribution in [2.45, 2.75) is 20.3 Å². The lowest BCUT2D eigenvalue weighted by atomic mass is 9.82. The number of nitrogens with one attached hydrogen (secondary N) is 1. The summed E-state index contributed by atoms with van der Waals surface area (Å²) in [6.07, 6.45) is 0.774. The molecule has 0 bridgehead atoms. The summed E-state index contributed by atoms with van der Waals surface area (Å²) in [5.41, 5.74) is 1.22. The molecule has 0 aromatic heterocycles. The lowest BCUT2D eigenvalue weighted by Gasteiger charge is -2.39. The molecule has 4 heteroatoms. The number of hydrogen-bond acceptors (Lipinski definition) is 3. The first-order valence-electron chi connectivity index (χ1n) is 5.76. The van der Waals surface area contributed by atoms with Gasteiger partial charge in [0.15, 0.2) is 0 Å². The van der Waals surface area contributed by atoms with Crippen molar-refractivity contribution in [3.63, 3.8) is 0 Å². The minimum absolute atomic E-state index is 0.0000368. The van der Waals surface area contributed by atoms with Crippen LogP contribution in [0.5, 0.6) is 5.75 Å². The predicted molar refractivity (Wildman–Crippen MR) is 65.0 cm³/mol. The molecular weight excluding hydrogens is 218 g/mol. The van der Waals surface area contributed by atoms with Crippen molar-refractivity contribution in [1.82, 2.24) is 0 Å². The van der Waals surface area contributed by atoms with E-state index in [2.05, 4.69) is 5.32 Å². The number of aromatic hydroxyl groups is 1. The van der Waals surface area contributed by atoms with Crippen molar-refractivity contribution in [3.8, 4) is 5.75 Å². The highest BCUT2D eigenvalue weighted by Crippen LogP contribution is 2.33. The van der Waals surface area contributed by atoms with Gasteiger partial charge in [-0.1, -0.05) is 6.92 Å². The van der Waals surface area contributed by atoms with Crippen molar-refractivity contribution in [2.75, 3.05) is 18.5 Å². The largest absolute Gasteiger partial charge is 0.508 e. The van der Waals surface area contributed by atoms with Crippen molar-refractivity contribution in [2.24, 2.45) is 5.41 Å². The molecule has 0 spiro atoms. The Bertz CT molecular complexity index is 433. The SMILES string of the molecule is CCC1(C(=O)Nc2ccc(O)cc2C)COC1. The minimum Gasteiger partial charge on any atom is -0.508 e. The van der Waals surface area contributed by atoms with Crippen LogP contribution < -0.4 is 5.32 Å². The van der Waals surface area contributed by atoms with Gasteiger partial charge < -0.3 is 15.2 Å². The number of carbonyl (C=O) groups is 1. The fraction of sp³-hybridized carbons (Fsp3) is 0.462. The standard InChI is InChI=1S/C13H17NO3/c1-3-13(7-17-8-13)12(16)14-11-5-4-10(15)6-9(11)2/h4-6,15H,3,7-8H2,1-2H3,(H,14,16). The molecule has 4 nitrogen and oxygen atoms in total. The number of anilines is 1. The Hall–Kier alpha value is -1.55. The monoisotopic (exact) mass is 235 g/mol. The van der Waals surface area contributed by atoms with E-state index >= 15 is 0 Å². The molecular formula is C13H17NO3. The molecule has 1 amide bonds. The van der Waals surface area contributed by atoms with Gasteiger partial charge in [-0.15, -0.1) is 0 Å². The van der Waals surface area contributed by atoms with Crippen LogP contribution in [-0.2, 0) is 9.53 Å². The van der Waals surface area contributed by atoms with Gasteiger partial charge in [-0.2, -0.15) is 0 Å². The molecule has 1 fully saturated rings. The van der Waals surface area contributed by atoms with E-state index in [0.717, 1.165) is 17.7 Å². The maximum Gasteiger partial charge on any atom is 0.235 e. The van der Waals surface area contributed by atoms with Crippen LogP contribution in [0.1, 0.15) is 18.9 Å². The highest BCUT2D eigenvalue weighted by atomic mass is 16.5.